The van der Waals surface area contributed by atoms with E-state index in [9.17, 15) is 5.11 Å². The molecular formula is C12H16O. The van der Waals surface area contributed by atoms with Crippen molar-refractivity contribution in [1.29, 1.82) is 0 Å². The lowest BCUT2D eigenvalue weighted by atomic mass is 10.0. The van der Waals surface area contributed by atoms with Gasteiger partial charge in [-0.2, -0.15) is 0 Å². The van der Waals surface area contributed by atoms with Crippen LogP contribution in [0.4, 0.5) is 0 Å². The highest BCUT2D eigenvalue weighted by Gasteiger charge is 2.00. The van der Waals surface area contributed by atoms with Crippen molar-refractivity contribution in [3.63, 3.8) is 0 Å². The fraction of sp³-hybridized carbons (Fsp3) is 0.333. The second-order valence-electron chi connectivity index (χ2n) is 3.44. The number of benzene rings is 1. The first-order valence-electron chi connectivity index (χ1n) is 4.53. The Balaban J connectivity index is 2.90. The highest BCUT2D eigenvalue weighted by molar-refractivity contribution is 5.38. The van der Waals surface area contributed by atoms with Gasteiger partial charge < -0.3 is 5.11 Å². The number of hydrogen-bond donors (Lipinski definition) is 1. The molecule has 0 aromatic heterocycles. The summed E-state index contributed by atoms with van der Waals surface area (Å²) in [4.78, 5) is 0. The third-order valence-electron chi connectivity index (χ3n) is 2.20. The van der Waals surface area contributed by atoms with E-state index in [0.29, 0.717) is 5.75 Å². The van der Waals surface area contributed by atoms with Crippen LogP contribution in [0.3, 0.4) is 0 Å². The molecule has 0 fully saturated rings. The lowest BCUT2D eigenvalue weighted by molar-refractivity contribution is 0.469. The molecule has 0 unspecified atom stereocenters. The highest BCUT2D eigenvalue weighted by atomic mass is 16.3. The molecule has 0 spiro atoms. The molecule has 1 aromatic rings. The number of rotatable bonds is 2. The maximum absolute atomic E-state index is 9.61. The Morgan fingerprint density at radius 3 is 2.69 bits per heavy atom. The second kappa shape index (κ2) is 4.13. The van der Waals surface area contributed by atoms with Gasteiger partial charge >= 0.3 is 0 Å². The number of aryl methyl sites for hydroxylation is 1. The first-order valence-corrected chi connectivity index (χ1v) is 4.53. The zero-order valence-corrected chi connectivity index (χ0v) is 8.46. The quantitative estimate of drug-likeness (QED) is 0.686. The van der Waals surface area contributed by atoms with E-state index in [0.717, 1.165) is 17.5 Å². The summed E-state index contributed by atoms with van der Waals surface area (Å²) in [7, 11) is 0. The van der Waals surface area contributed by atoms with E-state index in [4.69, 9.17) is 0 Å². The Hall–Kier alpha value is -1.24. The van der Waals surface area contributed by atoms with Gasteiger partial charge in [0.1, 0.15) is 5.75 Å². The zero-order chi connectivity index (χ0) is 9.84. The topological polar surface area (TPSA) is 20.2 Å². The van der Waals surface area contributed by atoms with Crippen LogP contribution >= 0.6 is 0 Å². The molecule has 1 heteroatoms. The predicted molar refractivity (Wildman–Crippen MR) is 56.0 cm³/mol. The minimum atomic E-state index is 0.404. The van der Waals surface area contributed by atoms with Crippen molar-refractivity contribution in [2.24, 2.45) is 0 Å². The normalized spacial score (nSPS) is 11.8. The zero-order valence-electron chi connectivity index (χ0n) is 8.46. The fourth-order valence-electron chi connectivity index (χ4n) is 1.23. The van der Waals surface area contributed by atoms with Crippen LogP contribution in [0.5, 0.6) is 5.75 Å². The van der Waals surface area contributed by atoms with Crippen LogP contribution < -0.4 is 0 Å². The van der Waals surface area contributed by atoms with Gasteiger partial charge in [0, 0.05) is 0 Å². The molecule has 0 bridgehead atoms. The van der Waals surface area contributed by atoms with Gasteiger partial charge in [-0.25, -0.2) is 0 Å². The molecule has 0 saturated heterocycles. The molecule has 0 aliphatic rings. The molecule has 0 saturated carbocycles. The van der Waals surface area contributed by atoms with Gasteiger partial charge in [0.05, 0.1) is 0 Å². The van der Waals surface area contributed by atoms with Crippen LogP contribution in [-0.4, -0.2) is 5.11 Å². The maximum atomic E-state index is 9.61. The Labute approximate surface area is 79.7 Å². The van der Waals surface area contributed by atoms with Crippen LogP contribution in [0.25, 0.3) is 0 Å². The minimum Gasteiger partial charge on any atom is -0.508 e. The molecule has 0 radical (unpaired) electrons. The molecular weight excluding hydrogens is 160 g/mol. The minimum absolute atomic E-state index is 0.404. The van der Waals surface area contributed by atoms with E-state index in [2.05, 4.69) is 13.0 Å². The van der Waals surface area contributed by atoms with Crippen molar-refractivity contribution >= 4 is 0 Å². The van der Waals surface area contributed by atoms with E-state index in [1.54, 1.807) is 6.07 Å². The fourth-order valence-corrected chi connectivity index (χ4v) is 1.23. The highest BCUT2D eigenvalue weighted by Crippen LogP contribution is 2.21. The van der Waals surface area contributed by atoms with E-state index in [1.165, 1.54) is 5.57 Å². The number of allylic oxidation sites excluding steroid dienone is 2. The third-order valence-corrected chi connectivity index (χ3v) is 2.20. The van der Waals surface area contributed by atoms with Crippen LogP contribution in [0, 0.1) is 6.92 Å². The molecule has 0 amide bonds. The van der Waals surface area contributed by atoms with Gasteiger partial charge in [-0.15, -0.1) is 0 Å². The molecule has 0 aliphatic carbocycles. The van der Waals surface area contributed by atoms with Crippen LogP contribution in [-0.2, 0) is 6.42 Å². The number of aromatic hydroxyl groups is 1. The Morgan fingerprint density at radius 2 is 2.15 bits per heavy atom. The molecule has 13 heavy (non-hydrogen) atoms. The van der Waals surface area contributed by atoms with E-state index < -0.39 is 0 Å². The SMILES string of the molecule is C/C=C(\C)Cc1ccc(C)cc1O. The molecule has 1 nitrogen and oxygen atoms in total. The standard InChI is InChI=1S/C12H16O/c1-4-9(2)7-11-6-5-10(3)8-12(11)13/h4-6,8,13H,7H2,1-3H3/b9-4+. The van der Waals surface area contributed by atoms with Gasteiger partial charge in [0.2, 0.25) is 0 Å². The predicted octanol–water partition coefficient (Wildman–Crippen LogP) is 3.21. The summed E-state index contributed by atoms with van der Waals surface area (Å²) >= 11 is 0. The largest absolute Gasteiger partial charge is 0.508 e. The molecule has 1 N–H and O–H groups in total. The molecule has 1 rings (SSSR count). The van der Waals surface area contributed by atoms with Crippen LogP contribution in [0.1, 0.15) is 25.0 Å². The lowest BCUT2D eigenvalue weighted by Gasteiger charge is -2.05. The monoisotopic (exact) mass is 176 g/mol. The molecule has 70 valence electrons. The number of phenolic OH excluding ortho intramolecular Hbond substituents is 1. The summed E-state index contributed by atoms with van der Waals surface area (Å²) in [5.74, 6) is 0.404. The van der Waals surface area contributed by atoms with Crippen molar-refractivity contribution in [3.8, 4) is 5.75 Å². The van der Waals surface area contributed by atoms with Crippen LogP contribution in [0.15, 0.2) is 29.8 Å². The second-order valence-corrected chi connectivity index (χ2v) is 3.44. The summed E-state index contributed by atoms with van der Waals surface area (Å²) in [6.07, 6.45) is 2.90. The van der Waals surface area contributed by atoms with Crippen molar-refractivity contribution < 1.29 is 5.11 Å². The van der Waals surface area contributed by atoms with Crippen molar-refractivity contribution in [1.82, 2.24) is 0 Å². The van der Waals surface area contributed by atoms with Gasteiger partial charge in [0.15, 0.2) is 0 Å². The Kier molecular flexibility index (Phi) is 3.13. The Morgan fingerprint density at radius 1 is 1.46 bits per heavy atom. The van der Waals surface area contributed by atoms with Gasteiger partial charge in [-0.3, -0.25) is 0 Å². The van der Waals surface area contributed by atoms with Crippen molar-refractivity contribution in [2.45, 2.75) is 27.2 Å². The summed E-state index contributed by atoms with van der Waals surface area (Å²) in [5, 5.41) is 9.61. The van der Waals surface area contributed by atoms with Crippen molar-refractivity contribution in [3.05, 3.63) is 41.0 Å². The molecule has 1 aromatic carbocycles. The summed E-state index contributed by atoms with van der Waals surface area (Å²) < 4.78 is 0. The average Bonchev–Trinajstić information content (AvgIpc) is 2.09. The maximum Gasteiger partial charge on any atom is 0.119 e. The van der Waals surface area contributed by atoms with Crippen LogP contribution in [0.2, 0.25) is 0 Å². The van der Waals surface area contributed by atoms with E-state index in [1.807, 2.05) is 26.0 Å². The first-order chi connectivity index (χ1) is 6.13. The smallest absolute Gasteiger partial charge is 0.119 e. The summed E-state index contributed by atoms with van der Waals surface area (Å²) in [6, 6.07) is 5.81. The van der Waals surface area contributed by atoms with E-state index >= 15 is 0 Å². The molecule has 0 aliphatic heterocycles. The lowest BCUT2D eigenvalue weighted by Crippen LogP contribution is -1.87. The molecule has 0 heterocycles. The van der Waals surface area contributed by atoms with E-state index in [-0.39, 0.29) is 0 Å². The summed E-state index contributed by atoms with van der Waals surface area (Å²) in [5.41, 5.74) is 3.37. The summed E-state index contributed by atoms with van der Waals surface area (Å²) in [6.45, 7) is 6.06. The number of phenols is 1. The van der Waals surface area contributed by atoms with Crippen molar-refractivity contribution in [2.75, 3.05) is 0 Å². The Bertz CT molecular complexity index is 324. The average molecular weight is 176 g/mol. The van der Waals surface area contributed by atoms with Gasteiger partial charge in [-0.1, -0.05) is 23.8 Å². The third kappa shape index (κ3) is 2.62. The van der Waals surface area contributed by atoms with Gasteiger partial charge in [0.25, 0.3) is 0 Å². The first kappa shape index (κ1) is 9.85. The van der Waals surface area contributed by atoms with Gasteiger partial charge in [-0.05, 0) is 44.4 Å². The molecule has 0 atom stereocenters. The number of hydrogen-bond acceptors (Lipinski definition) is 1.